The molecule has 2 amide bonds. The van der Waals surface area contributed by atoms with Gasteiger partial charge in [-0.25, -0.2) is 15.1 Å². The molecule has 0 radical (unpaired) electrons. The molecule has 1 unspecified atom stereocenters. The quantitative estimate of drug-likeness (QED) is 0.330. The molecule has 2 aromatic carbocycles. The van der Waals surface area contributed by atoms with Crippen LogP contribution in [0.25, 0.3) is 11.1 Å². The minimum Gasteiger partial charge on any atom is -0.479 e. The molecule has 8 nitrogen and oxygen atoms in total. The molecule has 2 aromatic rings. The number of aliphatic carboxylic acids is 1. The van der Waals surface area contributed by atoms with Gasteiger partial charge in [0, 0.05) is 18.9 Å². The lowest BCUT2D eigenvalue weighted by molar-refractivity contribution is -0.158. The fourth-order valence-corrected chi connectivity index (χ4v) is 3.86. The van der Waals surface area contributed by atoms with E-state index in [-0.39, 0.29) is 24.9 Å². The molecule has 1 atom stereocenters. The summed E-state index contributed by atoms with van der Waals surface area (Å²) in [5.74, 6) is -1.45. The second-order valence-electron chi connectivity index (χ2n) is 8.04. The molecule has 0 heterocycles. The molecule has 0 aromatic heterocycles. The average Bonchev–Trinajstić information content (AvgIpc) is 3.14. The van der Waals surface area contributed by atoms with E-state index in [1.165, 1.54) is 29.2 Å². The van der Waals surface area contributed by atoms with Crippen LogP contribution in [-0.4, -0.2) is 42.3 Å². The number of rotatable bonds is 12. The van der Waals surface area contributed by atoms with E-state index in [9.17, 15) is 14.4 Å². The Morgan fingerprint density at radius 3 is 2.18 bits per heavy atom. The minimum atomic E-state index is -1.14. The van der Waals surface area contributed by atoms with Crippen molar-refractivity contribution in [1.82, 2.24) is 10.8 Å². The molecule has 8 heteroatoms. The number of carboxylic acids is 1. The van der Waals surface area contributed by atoms with Crippen molar-refractivity contribution in [2.75, 3.05) is 13.2 Å². The molecule has 0 aliphatic heterocycles. The lowest BCUT2D eigenvalue weighted by Crippen LogP contribution is -2.32. The Balaban J connectivity index is 1.28. The van der Waals surface area contributed by atoms with Gasteiger partial charge >= 0.3 is 12.1 Å². The highest BCUT2D eigenvalue weighted by atomic mass is 16.7. The van der Waals surface area contributed by atoms with Crippen LogP contribution < -0.4 is 10.8 Å². The summed E-state index contributed by atoms with van der Waals surface area (Å²) in [6, 6.07) is 16.4. The number of benzene rings is 2. The summed E-state index contributed by atoms with van der Waals surface area (Å²) in [6.07, 6.45) is 1.84. The van der Waals surface area contributed by atoms with Crippen LogP contribution in [0.1, 0.15) is 56.1 Å². The van der Waals surface area contributed by atoms with Crippen LogP contribution in [0.2, 0.25) is 0 Å². The van der Waals surface area contributed by atoms with Crippen molar-refractivity contribution in [1.29, 1.82) is 0 Å². The molecule has 176 valence electrons. The van der Waals surface area contributed by atoms with Gasteiger partial charge in [-0.05, 0) is 42.0 Å². The van der Waals surface area contributed by atoms with Crippen LogP contribution in [0.4, 0.5) is 4.79 Å². The topological polar surface area (TPSA) is 114 Å². The number of nitrogens with one attached hydrogen (secondary N) is 2. The lowest BCUT2D eigenvalue weighted by atomic mass is 9.98. The first kappa shape index (κ1) is 24.3. The van der Waals surface area contributed by atoms with Gasteiger partial charge in [-0.15, -0.1) is 0 Å². The molecule has 3 N–H and O–H groups in total. The van der Waals surface area contributed by atoms with Crippen molar-refractivity contribution in [2.45, 2.75) is 51.0 Å². The number of carboxylic acid groups (broad SMARTS) is 1. The summed E-state index contributed by atoms with van der Waals surface area (Å²) in [6.45, 7) is 2.13. The van der Waals surface area contributed by atoms with Crippen LogP contribution in [0.3, 0.4) is 0 Å². The molecule has 0 bridgehead atoms. The normalized spacial score (nSPS) is 13.0. The summed E-state index contributed by atoms with van der Waals surface area (Å²) >= 11 is 0. The third-order valence-corrected chi connectivity index (χ3v) is 5.64. The zero-order valence-corrected chi connectivity index (χ0v) is 18.7. The summed E-state index contributed by atoms with van der Waals surface area (Å²) < 4.78 is 5.50. The number of carbonyl (C=O) groups is 3. The van der Waals surface area contributed by atoms with E-state index in [1.54, 1.807) is 0 Å². The predicted molar refractivity (Wildman–Crippen MR) is 122 cm³/mol. The number of unbranched alkanes of at least 4 members (excludes halogenated alkanes) is 3. The standard InChI is InChI=1S/C25H30N2O6/c1-17(24(29)30)33-27-23(28)14-4-2-3-9-15-26-25(31)32-16-22-20-12-7-5-10-18(20)19-11-6-8-13-21(19)22/h5-8,10-13,17,22H,2-4,9,14-16H2,1H3,(H,26,31)(H,27,28)(H,29,30). The van der Waals surface area contributed by atoms with Gasteiger partial charge in [0.15, 0.2) is 6.10 Å². The third-order valence-electron chi connectivity index (χ3n) is 5.64. The van der Waals surface area contributed by atoms with Crippen molar-refractivity contribution >= 4 is 18.0 Å². The first-order valence-electron chi connectivity index (χ1n) is 11.2. The van der Waals surface area contributed by atoms with Crippen molar-refractivity contribution in [3.8, 4) is 11.1 Å². The number of carbonyl (C=O) groups excluding carboxylic acids is 2. The van der Waals surface area contributed by atoms with Gasteiger partial charge in [0.05, 0.1) is 0 Å². The maximum atomic E-state index is 12.1. The molecule has 1 aliphatic rings. The van der Waals surface area contributed by atoms with Gasteiger partial charge in [-0.2, -0.15) is 0 Å². The monoisotopic (exact) mass is 454 g/mol. The van der Waals surface area contributed by atoms with Crippen LogP contribution >= 0.6 is 0 Å². The maximum Gasteiger partial charge on any atom is 0.407 e. The Hall–Kier alpha value is -3.39. The Kier molecular flexibility index (Phi) is 8.83. The van der Waals surface area contributed by atoms with E-state index in [0.717, 1.165) is 19.3 Å². The van der Waals surface area contributed by atoms with Crippen molar-refractivity contribution in [2.24, 2.45) is 0 Å². The highest BCUT2D eigenvalue weighted by molar-refractivity contribution is 5.79. The van der Waals surface area contributed by atoms with Crippen LogP contribution in [0.15, 0.2) is 48.5 Å². The number of amides is 2. The van der Waals surface area contributed by atoms with E-state index in [1.807, 2.05) is 24.3 Å². The SMILES string of the molecule is CC(ONC(=O)CCCCCCNC(=O)OCC1c2ccccc2-c2ccccc21)C(=O)O. The third kappa shape index (κ3) is 6.79. The van der Waals surface area contributed by atoms with Crippen molar-refractivity contribution in [3.05, 3.63) is 59.7 Å². The van der Waals surface area contributed by atoms with E-state index in [4.69, 9.17) is 14.7 Å². The van der Waals surface area contributed by atoms with Gasteiger partial charge < -0.3 is 15.2 Å². The van der Waals surface area contributed by atoms with E-state index < -0.39 is 18.2 Å². The van der Waals surface area contributed by atoms with Crippen molar-refractivity contribution < 1.29 is 29.1 Å². The zero-order chi connectivity index (χ0) is 23.6. The molecular weight excluding hydrogens is 424 g/mol. The maximum absolute atomic E-state index is 12.1. The minimum absolute atomic E-state index is 0.0387. The van der Waals surface area contributed by atoms with Crippen LogP contribution in [0, 0.1) is 0 Å². The zero-order valence-electron chi connectivity index (χ0n) is 18.7. The number of hydroxylamine groups is 1. The molecule has 0 saturated carbocycles. The first-order chi connectivity index (χ1) is 16.0. The highest BCUT2D eigenvalue weighted by Crippen LogP contribution is 2.44. The molecule has 0 spiro atoms. The number of hydrogen-bond donors (Lipinski definition) is 3. The van der Waals surface area contributed by atoms with Gasteiger partial charge in [-0.1, -0.05) is 61.4 Å². The largest absolute Gasteiger partial charge is 0.479 e. The van der Waals surface area contributed by atoms with Crippen molar-refractivity contribution in [3.63, 3.8) is 0 Å². The molecule has 3 rings (SSSR count). The van der Waals surface area contributed by atoms with Crippen LogP contribution in [-0.2, 0) is 19.2 Å². The number of fused-ring (bicyclic) bond motifs is 3. The first-order valence-corrected chi connectivity index (χ1v) is 11.2. The van der Waals surface area contributed by atoms with E-state index in [0.29, 0.717) is 13.0 Å². The number of ether oxygens (including phenoxy) is 1. The fourth-order valence-electron chi connectivity index (χ4n) is 3.86. The fraction of sp³-hybridized carbons (Fsp3) is 0.400. The molecule has 0 fully saturated rings. The smallest absolute Gasteiger partial charge is 0.407 e. The molecule has 33 heavy (non-hydrogen) atoms. The second-order valence-corrected chi connectivity index (χ2v) is 8.04. The number of alkyl carbamates (subject to hydrolysis) is 1. The molecular formula is C25H30N2O6. The van der Waals surface area contributed by atoms with E-state index in [2.05, 4.69) is 35.1 Å². The molecule has 0 saturated heterocycles. The van der Waals surface area contributed by atoms with Crippen LogP contribution in [0.5, 0.6) is 0 Å². The van der Waals surface area contributed by atoms with Gasteiger partial charge in [-0.3, -0.25) is 9.63 Å². The summed E-state index contributed by atoms with van der Waals surface area (Å²) in [5.41, 5.74) is 6.88. The molecule has 1 aliphatic carbocycles. The Morgan fingerprint density at radius 1 is 0.939 bits per heavy atom. The predicted octanol–water partition coefficient (Wildman–Crippen LogP) is 4.00. The summed E-state index contributed by atoms with van der Waals surface area (Å²) in [4.78, 5) is 39.1. The van der Waals surface area contributed by atoms with E-state index >= 15 is 0 Å². The Labute approximate surface area is 193 Å². The lowest BCUT2D eigenvalue weighted by Gasteiger charge is -2.14. The summed E-state index contributed by atoms with van der Waals surface area (Å²) in [5, 5.41) is 11.5. The second kappa shape index (κ2) is 12.0. The summed E-state index contributed by atoms with van der Waals surface area (Å²) in [7, 11) is 0. The van der Waals surface area contributed by atoms with Gasteiger partial charge in [0.1, 0.15) is 6.61 Å². The average molecular weight is 455 g/mol. The Morgan fingerprint density at radius 2 is 1.55 bits per heavy atom. The Bertz CT molecular complexity index is 931. The van der Waals surface area contributed by atoms with Gasteiger partial charge in [0.2, 0.25) is 5.91 Å². The number of hydrogen-bond acceptors (Lipinski definition) is 5. The highest BCUT2D eigenvalue weighted by Gasteiger charge is 2.28. The van der Waals surface area contributed by atoms with Gasteiger partial charge in [0.25, 0.3) is 0 Å².